The van der Waals surface area contributed by atoms with Crippen LogP contribution in [0.15, 0.2) is 42.5 Å². The van der Waals surface area contributed by atoms with Gasteiger partial charge in [-0.25, -0.2) is 0 Å². The van der Waals surface area contributed by atoms with Gasteiger partial charge in [0.2, 0.25) is 11.8 Å². The molecule has 0 spiro atoms. The fraction of sp³-hybridized carbons (Fsp3) is 0.417. The van der Waals surface area contributed by atoms with Gasteiger partial charge in [0, 0.05) is 12.2 Å². The van der Waals surface area contributed by atoms with E-state index in [1.165, 1.54) is 0 Å². The molecule has 2 rings (SSSR count). The van der Waals surface area contributed by atoms with E-state index < -0.39 is 0 Å². The number of carbonyl (C=O) groups is 2. The average molecular weight is 397 g/mol. The number of anilines is 1. The van der Waals surface area contributed by atoms with E-state index in [4.69, 9.17) is 4.74 Å². The molecule has 5 heteroatoms. The molecule has 0 fully saturated rings. The molecule has 0 aliphatic heterocycles. The Kier molecular flexibility index (Phi) is 8.25. The van der Waals surface area contributed by atoms with Crippen molar-refractivity contribution in [1.82, 2.24) is 5.32 Å². The number of nitrogens with one attached hydrogen (secondary N) is 2. The normalized spacial score (nSPS) is 10.9. The van der Waals surface area contributed by atoms with Crippen molar-refractivity contribution < 1.29 is 14.3 Å². The maximum Gasteiger partial charge on any atom is 0.233 e. The van der Waals surface area contributed by atoms with Crippen LogP contribution < -0.4 is 15.4 Å². The number of ether oxygens (including phenoxy) is 1. The Morgan fingerprint density at radius 1 is 0.897 bits per heavy atom. The third kappa shape index (κ3) is 6.34. The second kappa shape index (κ2) is 10.6. The van der Waals surface area contributed by atoms with Gasteiger partial charge in [-0.2, -0.15) is 0 Å². The van der Waals surface area contributed by atoms with E-state index in [2.05, 4.69) is 38.3 Å². The molecule has 0 aliphatic rings. The van der Waals surface area contributed by atoms with Crippen LogP contribution in [0, 0.1) is 0 Å². The lowest BCUT2D eigenvalue weighted by molar-refractivity contribution is -0.126. The average Bonchev–Trinajstić information content (AvgIpc) is 2.68. The molecular weight excluding hydrogens is 364 g/mol. The van der Waals surface area contributed by atoms with Crippen LogP contribution in [0.5, 0.6) is 5.75 Å². The van der Waals surface area contributed by atoms with E-state index in [0.29, 0.717) is 13.0 Å². The summed E-state index contributed by atoms with van der Waals surface area (Å²) in [6.45, 7) is 8.84. The third-order valence-corrected chi connectivity index (χ3v) is 4.87. The molecule has 0 saturated heterocycles. The van der Waals surface area contributed by atoms with Gasteiger partial charge in [0.25, 0.3) is 0 Å². The number of rotatable bonds is 9. The molecule has 0 unspecified atom stereocenters. The minimum absolute atomic E-state index is 0.199. The minimum Gasteiger partial charge on any atom is -0.496 e. The molecule has 2 aromatic rings. The standard InChI is InChI=1S/C24H32N2O3/c1-16(2)19-10-8-11-20(17(3)4)24(19)26-23(28)15-22(27)25-14-13-18-9-6-7-12-21(18)29-5/h6-12,16-17H,13-15H2,1-5H3,(H,25,27)(H,26,28). The Morgan fingerprint density at radius 3 is 2.10 bits per heavy atom. The topological polar surface area (TPSA) is 67.4 Å². The Balaban J connectivity index is 1.95. The summed E-state index contributed by atoms with van der Waals surface area (Å²) in [5.74, 6) is 0.767. The van der Waals surface area contributed by atoms with Gasteiger partial charge in [0.1, 0.15) is 12.2 Å². The molecule has 2 amide bonds. The highest BCUT2D eigenvalue weighted by Gasteiger charge is 2.17. The summed E-state index contributed by atoms with van der Waals surface area (Å²) in [6.07, 6.45) is 0.445. The SMILES string of the molecule is COc1ccccc1CCNC(=O)CC(=O)Nc1c(C(C)C)cccc1C(C)C. The summed E-state index contributed by atoms with van der Waals surface area (Å²) < 4.78 is 5.32. The van der Waals surface area contributed by atoms with E-state index in [-0.39, 0.29) is 30.1 Å². The highest BCUT2D eigenvalue weighted by Crippen LogP contribution is 2.32. The van der Waals surface area contributed by atoms with Crippen molar-refractivity contribution in [3.05, 3.63) is 59.2 Å². The quantitative estimate of drug-likeness (QED) is 0.607. The van der Waals surface area contributed by atoms with Crippen molar-refractivity contribution in [2.24, 2.45) is 0 Å². The number of amides is 2. The van der Waals surface area contributed by atoms with Crippen molar-refractivity contribution >= 4 is 17.5 Å². The summed E-state index contributed by atoms with van der Waals surface area (Å²) in [6, 6.07) is 13.8. The maximum atomic E-state index is 12.5. The van der Waals surface area contributed by atoms with Crippen LogP contribution in [0.3, 0.4) is 0 Å². The maximum absolute atomic E-state index is 12.5. The van der Waals surface area contributed by atoms with Gasteiger partial charge in [-0.05, 0) is 41.0 Å². The van der Waals surface area contributed by atoms with Crippen LogP contribution >= 0.6 is 0 Å². The first-order chi connectivity index (χ1) is 13.8. The van der Waals surface area contributed by atoms with Gasteiger partial charge in [-0.1, -0.05) is 64.1 Å². The zero-order valence-electron chi connectivity index (χ0n) is 18.0. The fourth-order valence-electron chi connectivity index (χ4n) is 3.33. The van der Waals surface area contributed by atoms with E-state index in [1.807, 2.05) is 42.5 Å². The summed E-state index contributed by atoms with van der Waals surface area (Å²) in [5, 5.41) is 5.80. The van der Waals surface area contributed by atoms with Crippen molar-refractivity contribution in [3.8, 4) is 5.75 Å². The molecule has 0 atom stereocenters. The van der Waals surface area contributed by atoms with Crippen molar-refractivity contribution in [2.75, 3.05) is 19.0 Å². The van der Waals surface area contributed by atoms with Gasteiger partial charge in [0.15, 0.2) is 0 Å². The molecule has 2 N–H and O–H groups in total. The molecule has 5 nitrogen and oxygen atoms in total. The van der Waals surface area contributed by atoms with Crippen LogP contribution in [-0.2, 0) is 16.0 Å². The van der Waals surface area contributed by atoms with Crippen molar-refractivity contribution in [3.63, 3.8) is 0 Å². The van der Waals surface area contributed by atoms with E-state index in [0.717, 1.165) is 28.1 Å². The molecule has 0 heterocycles. The van der Waals surface area contributed by atoms with Gasteiger partial charge in [0.05, 0.1) is 7.11 Å². The number of carbonyl (C=O) groups excluding carboxylic acids is 2. The van der Waals surface area contributed by atoms with Crippen LogP contribution in [0.2, 0.25) is 0 Å². The second-order valence-electron chi connectivity index (χ2n) is 7.76. The monoisotopic (exact) mass is 396 g/mol. The second-order valence-corrected chi connectivity index (χ2v) is 7.76. The smallest absolute Gasteiger partial charge is 0.233 e. The summed E-state index contributed by atoms with van der Waals surface area (Å²) >= 11 is 0. The lowest BCUT2D eigenvalue weighted by Gasteiger charge is -2.20. The first kappa shape index (κ1) is 22.5. The fourth-order valence-corrected chi connectivity index (χ4v) is 3.33. The first-order valence-electron chi connectivity index (χ1n) is 10.1. The zero-order valence-corrected chi connectivity index (χ0v) is 18.0. The molecule has 29 heavy (non-hydrogen) atoms. The third-order valence-electron chi connectivity index (χ3n) is 4.87. The van der Waals surface area contributed by atoms with Crippen LogP contribution in [-0.4, -0.2) is 25.5 Å². The number of hydrogen-bond donors (Lipinski definition) is 2. The minimum atomic E-state index is -0.296. The zero-order chi connectivity index (χ0) is 21.4. The number of methoxy groups -OCH3 is 1. The lowest BCUT2D eigenvalue weighted by atomic mass is 9.92. The van der Waals surface area contributed by atoms with Crippen LogP contribution in [0.1, 0.15) is 62.6 Å². The highest BCUT2D eigenvalue weighted by molar-refractivity contribution is 6.04. The van der Waals surface area contributed by atoms with E-state index >= 15 is 0 Å². The molecule has 0 aromatic heterocycles. The largest absolute Gasteiger partial charge is 0.496 e. The molecule has 0 radical (unpaired) electrons. The lowest BCUT2D eigenvalue weighted by Crippen LogP contribution is -2.30. The molecule has 0 bridgehead atoms. The van der Waals surface area contributed by atoms with Gasteiger partial charge in [-0.15, -0.1) is 0 Å². The van der Waals surface area contributed by atoms with Gasteiger partial charge >= 0.3 is 0 Å². The molecule has 0 saturated carbocycles. The van der Waals surface area contributed by atoms with Crippen molar-refractivity contribution in [2.45, 2.75) is 52.4 Å². The van der Waals surface area contributed by atoms with Gasteiger partial charge < -0.3 is 15.4 Å². The Bertz CT molecular complexity index is 818. The molecule has 156 valence electrons. The summed E-state index contributed by atoms with van der Waals surface area (Å²) in [7, 11) is 1.63. The number of benzene rings is 2. The first-order valence-corrected chi connectivity index (χ1v) is 10.1. The van der Waals surface area contributed by atoms with Crippen molar-refractivity contribution in [1.29, 1.82) is 0 Å². The van der Waals surface area contributed by atoms with Gasteiger partial charge in [-0.3, -0.25) is 9.59 Å². The highest BCUT2D eigenvalue weighted by atomic mass is 16.5. The van der Waals surface area contributed by atoms with Crippen LogP contribution in [0.4, 0.5) is 5.69 Å². The molecule has 2 aromatic carbocycles. The predicted octanol–water partition coefficient (Wildman–Crippen LogP) is 4.63. The molecular formula is C24H32N2O3. The Labute approximate surface area is 173 Å². The number of para-hydroxylation sites is 2. The number of hydrogen-bond acceptors (Lipinski definition) is 3. The summed E-state index contributed by atoms with van der Waals surface area (Å²) in [4.78, 5) is 24.7. The van der Waals surface area contributed by atoms with E-state index in [1.54, 1.807) is 7.11 Å². The summed E-state index contributed by atoms with van der Waals surface area (Å²) in [5.41, 5.74) is 4.03. The Hall–Kier alpha value is -2.82. The Morgan fingerprint density at radius 2 is 1.52 bits per heavy atom. The van der Waals surface area contributed by atoms with Crippen LogP contribution in [0.25, 0.3) is 0 Å². The van der Waals surface area contributed by atoms with E-state index in [9.17, 15) is 9.59 Å². The molecule has 0 aliphatic carbocycles. The predicted molar refractivity (Wildman–Crippen MR) is 118 cm³/mol.